The first kappa shape index (κ1) is 15.6. The van der Waals surface area contributed by atoms with Crippen molar-refractivity contribution in [3.05, 3.63) is 53.1 Å². The highest BCUT2D eigenvalue weighted by Gasteiger charge is 2.18. The molecule has 6 nitrogen and oxygen atoms in total. The molecule has 3 N–H and O–H groups in total. The van der Waals surface area contributed by atoms with Crippen LogP contribution in [0.1, 0.15) is 22.5 Å². The molecule has 0 aliphatic heterocycles. The molecule has 7 heteroatoms. The van der Waals surface area contributed by atoms with E-state index in [0.29, 0.717) is 17.8 Å². The molecular formula is C14H18N4O2S. The number of aromatic nitrogens is 2. The van der Waals surface area contributed by atoms with Gasteiger partial charge in [0.25, 0.3) is 0 Å². The molecule has 0 amide bonds. The first-order valence-electron chi connectivity index (χ1n) is 6.50. The summed E-state index contributed by atoms with van der Waals surface area (Å²) in [5, 5.41) is 0. The van der Waals surface area contributed by atoms with Crippen LogP contribution in [0.25, 0.3) is 0 Å². The molecule has 2 rings (SSSR count). The van der Waals surface area contributed by atoms with Gasteiger partial charge in [0.1, 0.15) is 0 Å². The molecule has 0 bridgehead atoms. The molecule has 21 heavy (non-hydrogen) atoms. The van der Waals surface area contributed by atoms with Crippen LogP contribution in [0.15, 0.2) is 35.5 Å². The van der Waals surface area contributed by atoms with Crippen LogP contribution in [0.4, 0.5) is 0 Å². The number of nitrogens with two attached hydrogens (primary N) is 1. The van der Waals surface area contributed by atoms with E-state index in [2.05, 4.69) is 14.7 Å². The van der Waals surface area contributed by atoms with Crippen molar-refractivity contribution in [3.63, 3.8) is 0 Å². The van der Waals surface area contributed by atoms with Crippen molar-refractivity contribution in [2.24, 2.45) is 5.73 Å². The van der Waals surface area contributed by atoms with E-state index in [1.807, 2.05) is 13.0 Å². The monoisotopic (exact) mass is 306 g/mol. The molecule has 0 saturated carbocycles. The Morgan fingerprint density at radius 2 is 1.95 bits per heavy atom. The third-order valence-electron chi connectivity index (χ3n) is 3.18. The fourth-order valence-electron chi connectivity index (χ4n) is 1.93. The Balaban J connectivity index is 2.21. The lowest BCUT2D eigenvalue weighted by Gasteiger charge is -2.11. The molecule has 0 aliphatic rings. The van der Waals surface area contributed by atoms with Crippen molar-refractivity contribution < 1.29 is 8.42 Å². The molecular weight excluding hydrogens is 288 g/mol. The molecule has 0 radical (unpaired) electrons. The van der Waals surface area contributed by atoms with Crippen LogP contribution in [-0.2, 0) is 23.1 Å². The van der Waals surface area contributed by atoms with Crippen LogP contribution in [0.3, 0.4) is 0 Å². The van der Waals surface area contributed by atoms with Gasteiger partial charge < -0.3 is 5.73 Å². The Morgan fingerprint density at radius 3 is 2.57 bits per heavy atom. The average molecular weight is 306 g/mol. The molecule has 1 aromatic carbocycles. The van der Waals surface area contributed by atoms with Gasteiger partial charge in [-0.3, -0.25) is 9.97 Å². The van der Waals surface area contributed by atoms with E-state index < -0.39 is 10.0 Å². The summed E-state index contributed by atoms with van der Waals surface area (Å²) in [4.78, 5) is 8.45. The van der Waals surface area contributed by atoms with Gasteiger partial charge in [-0.05, 0) is 31.0 Å². The van der Waals surface area contributed by atoms with Crippen LogP contribution in [-0.4, -0.2) is 18.4 Å². The Kier molecular flexibility index (Phi) is 4.66. The number of nitrogens with zero attached hydrogens (tertiary/aromatic N) is 2. The molecule has 0 spiro atoms. The topological polar surface area (TPSA) is 98.0 Å². The highest BCUT2D eigenvalue weighted by molar-refractivity contribution is 7.89. The Labute approximate surface area is 124 Å². The largest absolute Gasteiger partial charge is 0.326 e. The summed E-state index contributed by atoms with van der Waals surface area (Å²) < 4.78 is 27.3. The van der Waals surface area contributed by atoms with Crippen LogP contribution in [0, 0.1) is 13.8 Å². The van der Waals surface area contributed by atoms with E-state index in [1.165, 1.54) is 0 Å². The second-order valence-electron chi connectivity index (χ2n) is 4.72. The fourth-order valence-corrected chi connectivity index (χ4v) is 3.21. The summed E-state index contributed by atoms with van der Waals surface area (Å²) in [7, 11) is -3.61. The molecule has 112 valence electrons. The summed E-state index contributed by atoms with van der Waals surface area (Å²) >= 11 is 0. The van der Waals surface area contributed by atoms with Crippen molar-refractivity contribution in [1.29, 1.82) is 0 Å². The van der Waals surface area contributed by atoms with Crippen molar-refractivity contribution in [2.75, 3.05) is 0 Å². The van der Waals surface area contributed by atoms with Gasteiger partial charge in [-0.15, -0.1) is 0 Å². The van der Waals surface area contributed by atoms with Crippen molar-refractivity contribution in [3.8, 4) is 0 Å². The molecule has 0 aliphatic carbocycles. The number of nitrogens with one attached hydrogen (secondary N) is 1. The highest BCUT2D eigenvalue weighted by atomic mass is 32.2. The second kappa shape index (κ2) is 6.30. The first-order chi connectivity index (χ1) is 9.94. The normalized spacial score (nSPS) is 11.6. The molecule has 2 aromatic rings. The molecule has 0 saturated heterocycles. The van der Waals surface area contributed by atoms with Gasteiger partial charge in [0, 0.05) is 12.7 Å². The average Bonchev–Trinajstić information content (AvgIpc) is 2.47. The number of aryl methyl sites for hydroxylation is 1. The number of benzene rings is 1. The summed E-state index contributed by atoms with van der Waals surface area (Å²) in [6.07, 6.45) is 3.16. The quantitative estimate of drug-likeness (QED) is 0.860. The third-order valence-corrected chi connectivity index (χ3v) is 4.73. The number of hydrogen-bond acceptors (Lipinski definition) is 5. The van der Waals surface area contributed by atoms with E-state index in [0.717, 1.165) is 11.3 Å². The van der Waals surface area contributed by atoms with E-state index in [9.17, 15) is 8.42 Å². The van der Waals surface area contributed by atoms with Gasteiger partial charge >= 0.3 is 0 Å². The van der Waals surface area contributed by atoms with Gasteiger partial charge in [0.05, 0.1) is 29.0 Å². The smallest absolute Gasteiger partial charge is 0.241 e. The molecule has 0 fully saturated rings. The number of hydrogen-bond donors (Lipinski definition) is 2. The predicted molar refractivity (Wildman–Crippen MR) is 79.9 cm³/mol. The maximum atomic E-state index is 12.4. The summed E-state index contributed by atoms with van der Waals surface area (Å²) in [6, 6.07) is 5.08. The van der Waals surface area contributed by atoms with E-state index in [1.54, 1.807) is 31.5 Å². The molecule has 0 unspecified atom stereocenters. The first-order valence-corrected chi connectivity index (χ1v) is 7.98. The van der Waals surface area contributed by atoms with Crippen molar-refractivity contribution in [1.82, 2.24) is 14.7 Å². The zero-order valence-corrected chi connectivity index (χ0v) is 12.8. The molecule has 1 aromatic heterocycles. The van der Waals surface area contributed by atoms with Gasteiger partial charge in [-0.25, -0.2) is 13.1 Å². The maximum Gasteiger partial charge on any atom is 0.241 e. The van der Waals surface area contributed by atoms with Crippen LogP contribution in [0.5, 0.6) is 0 Å². The van der Waals surface area contributed by atoms with Crippen LogP contribution < -0.4 is 10.5 Å². The summed E-state index contributed by atoms with van der Waals surface area (Å²) in [5.74, 6) is 0. The predicted octanol–water partition coefficient (Wildman–Crippen LogP) is 1.03. The van der Waals surface area contributed by atoms with E-state index in [-0.39, 0.29) is 11.4 Å². The minimum Gasteiger partial charge on any atom is -0.326 e. The number of sulfonamides is 1. The van der Waals surface area contributed by atoms with Gasteiger partial charge in [-0.1, -0.05) is 12.1 Å². The maximum absolute atomic E-state index is 12.4. The minimum absolute atomic E-state index is 0.0991. The van der Waals surface area contributed by atoms with Crippen LogP contribution >= 0.6 is 0 Å². The molecule has 1 heterocycles. The Hall–Kier alpha value is -1.83. The summed E-state index contributed by atoms with van der Waals surface area (Å²) in [6.45, 7) is 3.98. The zero-order valence-electron chi connectivity index (χ0n) is 12.0. The van der Waals surface area contributed by atoms with Crippen LogP contribution in [0.2, 0.25) is 0 Å². The van der Waals surface area contributed by atoms with Crippen molar-refractivity contribution in [2.45, 2.75) is 31.8 Å². The fraction of sp³-hybridized carbons (Fsp3) is 0.286. The lowest BCUT2D eigenvalue weighted by Crippen LogP contribution is -2.25. The standard InChI is InChI=1S/C14H18N4O2S/c1-10-7-17-13(8-16-10)9-18-21(19,20)14-5-3-4-12(6-15)11(14)2/h3-5,7-8,18H,6,9,15H2,1-2H3. The lowest BCUT2D eigenvalue weighted by molar-refractivity contribution is 0.579. The third kappa shape index (κ3) is 3.63. The minimum atomic E-state index is -3.61. The lowest BCUT2D eigenvalue weighted by atomic mass is 10.1. The van der Waals surface area contributed by atoms with E-state index >= 15 is 0 Å². The summed E-state index contributed by atoms with van der Waals surface area (Å²) in [5.41, 5.74) is 8.44. The van der Waals surface area contributed by atoms with Gasteiger partial charge in [-0.2, -0.15) is 0 Å². The second-order valence-corrected chi connectivity index (χ2v) is 6.45. The van der Waals surface area contributed by atoms with Gasteiger partial charge in [0.15, 0.2) is 0 Å². The molecule has 0 atom stereocenters. The number of rotatable bonds is 5. The zero-order chi connectivity index (χ0) is 15.5. The van der Waals surface area contributed by atoms with E-state index in [4.69, 9.17) is 5.73 Å². The van der Waals surface area contributed by atoms with Crippen molar-refractivity contribution >= 4 is 10.0 Å². The Bertz CT molecular complexity index is 727. The highest BCUT2D eigenvalue weighted by Crippen LogP contribution is 2.18. The SMILES string of the molecule is Cc1cnc(CNS(=O)(=O)c2cccc(CN)c2C)cn1. The Morgan fingerprint density at radius 1 is 1.19 bits per heavy atom. The van der Waals surface area contributed by atoms with Gasteiger partial charge in [0.2, 0.25) is 10.0 Å².